The number of ether oxygens (including phenoxy) is 2. The average molecular weight is 542 g/mol. The Kier molecular flexibility index (Phi) is 7.28. The number of thiophene rings is 1. The van der Waals surface area contributed by atoms with E-state index >= 15 is 0 Å². The molecule has 198 valence electrons. The molecule has 1 aliphatic rings. The molecule has 5 rings (SSSR count). The lowest BCUT2D eigenvalue weighted by molar-refractivity contribution is 0.0594. The predicted octanol–water partition coefficient (Wildman–Crippen LogP) is 5.34. The van der Waals surface area contributed by atoms with Crippen LogP contribution in [0.3, 0.4) is 0 Å². The second-order valence-corrected chi connectivity index (χ2v) is 10.2. The lowest BCUT2D eigenvalue weighted by Crippen LogP contribution is -2.17. The Labute approximate surface area is 229 Å². The molecule has 3 N–H and O–H groups in total. The second kappa shape index (κ2) is 10.8. The summed E-state index contributed by atoms with van der Waals surface area (Å²) in [6.45, 7) is 4.71. The molecule has 0 radical (unpaired) electrons. The van der Waals surface area contributed by atoms with Gasteiger partial charge in [0.25, 0.3) is 5.91 Å². The summed E-state index contributed by atoms with van der Waals surface area (Å²) in [5.74, 6) is -0.490. The van der Waals surface area contributed by atoms with Crippen molar-refractivity contribution < 1.29 is 23.9 Å². The maximum atomic E-state index is 14.0. The summed E-state index contributed by atoms with van der Waals surface area (Å²) in [4.78, 5) is 43.4. The summed E-state index contributed by atoms with van der Waals surface area (Å²) in [6, 6.07) is 12.6. The monoisotopic (exact) mass is 541 g/mol. The number of pyridine rings is 1. The first-order chi connectivity index (χ1) is 18.8. The first-order valence-electron chi connectivity index (χ1n) is 12.4. The van der Waals surface area contributed by atoms with Crippen LogP contribution in [0.15, 0.2) is 47.8 Å². The van der Waals surface area contributed by atoms with Crippen molar-refractivity contribution in [2.24, 2.45) is 5.73 Å². The number of amides is 1. The van der Waals surface area contributed by atoms with Gasteiger partial charge in [0.1, 0.15) is 11.4 Å². The van der Waals surface area contributed by atoms with Crippen molar-refractivity contribution >= 4 is 35.2 Å². The van der Waals surface area contributed by atoms with Gasteiger partial charge in [0, 0.05) is 45.8 Å². The van der Waals surface area contributed by atoms with E-state index < -0.39 is 5.97 Å². The number of nitrogens with two attached hydrogens (primary N) is 1. The number of anilines is 1. The van der Waals surface area contributed by atoms with Gasteiger partial charge < -0.3 is 20.5 Å². The molecule has 0 spiro atoms. The van der Waals surface area contributed by atoms with Crippen LogP contribution in [0.25, 0.3) is 21.6 Å². The molecule has 0 unspecified atom stereocenters. The van der Waals surface area contributed by atoms with E-state index in [4.69, 9.17) is 15.2 Å². The zero-order valence-electron chi connectivity index (χ0n) is 21.8. The molecule has 2 aromatic heterocycles. The number of rotatable bonds is 6. The fourth-order valence-corrected chi connectivity index (χ4v) is 5.86. The average Bonchev–Trinajstić information content (AvgIpc) is 3.35. The van der Waals surface area contributed by atoms with Gasteiger partial charge in [-0.05, 0) is 71.8 Å². The highest BCUT2D eigenvalue weighted by molar-refractivity contribution is 7.13. The summed E-state index contributed by atoms with van der Waals surface area (Å²) in [7, 11) is 1.24. The highest BCUT2D eigenvalue weighted by atomic mass is 32.1. The highest BCUT2D eigenvalue weighted by Crippen LogP contribution is 2.43. The Bertz CT molecular complexity index is 1600. The standard InChI is InChI=1S/C30H27N3O5S/c1-16-10-18(14-31)11-17(2)26(16)33-29(35)23-12-24-25(38-8-6-19-7-9-39-28(19)24)13-22(23)21-5-4-20(15-34)32-27(21)30(36)37-3/h4-5,7,9-13,15H,6,8,14,31H2,1-3H3,(H,33,35). The van der Waals surface area contributed by atoms with Gasteiger partial charge in [-0.2, -0.15) is 0 Å². The van der Waals surface area contributed by atoms with E-state index in [1.54, 1.807) is 29.5 Å². The van der Waals surface area contributed by atoms with Crippen molar-refractivity contribution in [1.29, 1.82) is 0 Å². The third kappa shape index (κ3) is 4.94. The molecule has 0 aliphatic carbocycles. The van der Waals surface area contributed by atoms with Gasteiger partial charge in [-0.25, -0.2) is 9.78 Å². The number of fused-ring (bicyclic) bond motifs is 3. The van der Waals surface area contributed by atoms with Crippen LogP contribution in [0.4, 0.5) is 5.69 Å². The molecule has 9 heteroatoms. The van der Waals surface area contributed by atoms with Gasteiger partial charge in [0.2, 0.25) is 0 Å². The van der Waals surface area contributed by atoms with Crippen LogP contribution in [0.2, 0.25) is 0 Å². The van der Waals surface area contributed by atoms with Crippen molar-refractivity contribution in [2.75, 3.05) is 19.0 Å². The van der Waals surface area contributed by atoms with Crippen LogP contribution in [0, 0.1) is 13.8 Å². The van der Waals surface area contributed by atoms with Gasteiger partial charge in [-0.3, -0.25) is 9.59 Å². The van der Waals surface area contributed by atoms with Crippen molar-refractivity contribution in [2.45, 2.75) is 26.8 Å². The molecule has 4 aromatic rings. The van der Waals surface area contributed by atoms with E-state index in [1.807, 2.05) is 31.4 Å². The number of aromatic nitrogens is 1. The van der Waals surface area contributed by atoms with Crippen LogP contribution >= 0.6 is 11.3 Å². The maximum absolute atomic E-state index is 14.0. The van der Waals surface area contributed by atoms with Crippen molar-refractivity contribution in [3.63, 3.8) is 0 Å². The molecule has 3 heterocycles. The number of benzene rings is 2. The number of methoxy groups -OCH3 is 1. The van der Waals surface area contributed by atoms with Crippen LogP contribution in [-0.4, -0.2) is 36.9 Å². The third-order valence-corrected chi connectivity index (χ3v) is 7.75. The Morgan fingerprint density at radius 3 is 2.56 bits per heavy atom. The van der Waals surface area contributed by atoms with Crippen molar-refractivity contribution in [1.82, 2.24) is 4.98 Å². The summed E-state index contributed by atoms with van der Waals surface area (Å²) >= 11 is 1.58. The minimum absolute atomic E-state index is 0.0683. The second-order valence-electron chi connectivity index (χ2n) is 9.27. The molecule has 0 bridgehead atoms. The third-order valence-electron chi connectivity index (χ3n) is 6.76. The summed E-state index contributed by atoms with van der Waals surface area (Å²) < 4.78 is 11.1. The van der Waals surface area contributed by atoms with Gasteiger partial charge in [-0.1, -0.05) is 12.1 Å². The maximum Gasteiger partial charge on any atom is 0.357 e. The first kappa shape index (κ1) is 26.3. The summed E-state index contributed by atoms with van der Waals surface area (Å²) in [6.07, 6.45) is 1.29. The lowest BCUT2D eigenvalue weighted by atomic mass is 9.93. The van der Waals surface area contributed by atoms with Gasteiger partial charge in [-0.15, -0.1) is 11.3 Å². The number of aryl methyl sites for hydroxylation is 2. The zero-order valence-corrected chi connectivity index (χ0v) is 22.6. The quantitative estimate of drug-likeness (QED) is 0.250. The topological polar surface area (TPSA) is 121 Å². The van der Waals surface area contributed by atoms with Crippen molar-refractivity contribution in [3.8, 4) is 27.3 Å². The Morgan fingerprint density at radius 1 is 1.10 bits per heavy atom. The smallest absolute Gasteiger partial charge is 0.357 e. The molecule has 0 saturated carbocycles. The number of carbonyl (C=O) groups excluding carboxylic acids is 3. The van der Waals surface area contributed by atoms with E-state index in [-0.39, 0.29) is 17.3 Å². The molecule has 1 amide bonds. The number of aldehydes is 1. The largest absolute Gasteiger partial charge is 0.493 e. The Morgan fingerprint density at radius 2 is 1.87 bits per heavy atom. The highest BCUT2D eigenvalue weighted by Gasteiger charge is 2.26. The van der Waals surface area contributed by atoms with E-state index in [9.17, 15) is 14.4 Å². The van der Waals surface area contributed by atoms with Gasteiger partial charge >= 0.3 is 5.97 Å². The van der Waals surface area contributed by atoms with Gasteiger partial charge in [0.05, 0.1) is 13.7 Å². The Hall–Kier alpha value is -4.34. The minimum atomic E-state index is -0.722. The van der Waals surface area contributed by atoms with Crippen molar-refractivity contribution in [3.05, 3.63) is 87.0 Å². The zero-order chi connectivity index (χ0) is 27.7. The fourth-order valence-electron chi connectivity index (χ4n) is 4.89. The molecule has 0 fully saturated rings. The number of hydrogen-bond donors (Lipinski definition) is 2. The number of carbonyl (C=O) groups is 3. The van der Waals surface area contributed by atoms with Gasteiger partial charge in [0.15, 0.2) is 12.0 Å². The summed E-state index contributed by atoms with van der Waals surface area (Å²) in [5, 5.41) is 5.10. The van der Waals surface area contributed by atoms with Crippen LogP contribution in [-0.2, 0) is 17.7 Å². The molecular weight excluding hydrogens is 514 g/mol. The van der Waals surface area contributed by atoms with Crippen LogP contribution < -0.4 is 15.8 Å². The SMILES string of the molecule is COC(=O)c1nc(C=O)ccc1-c1cc2c(cc1C(=O)Nc1c(C)cc(CN)cc1C)-c1sccc1CCO2. The molecule has 39 heavy (non-hydrogen) atoms. The van der Waals surface area contributed by atoms with Crippen LogP contribution in [0.1, 0.15) is 53.6 Å². The number of nitrogens with one attached hydrogen (secondary N) is 1. The molecular formula is C30H27N3O5S. The normalized spacial score (nSPS) is 12.0. The minimum Gasteiger partial charge on any atom is -0.493 e. The van der Waals surface area contributed by atoms with E-state index in [1.165, 1.54) is 13.2 Å². The van der Waals surface area contributed by atoms with E-state index in [0.717, 1.165) is 39.1 Å². The molecule has 8 nitrogen and oxygen atoms in total. The lowest BCUT2D eigenvalue weighted by Gasteiger charge is -2.18. The molecule has 2 aromatic carbocycles. The fraction of sp³-hybridized carbons (Fsp3) is 0.200. The molecule has 1 aliphatic heterocycles. The Balaban J connectivity index is 1.72. The number of esters is 1. The summed E-state index contributed by atoms with van der Waals surface area (Å²) in [5.41, 5.74) is 12.3. The van der Waals surface area contributed by atoms with E-state index in [0.29, 0.717) is 47.6 Å². The molecule has 0 atom stereocenters. The molecule has 0 saturated heterocycles. The van der Waals surface area contributed by atoms with Crippen LogP contribution in [0.5, 0.6) is 5.75 Å². The predicted molar refractivity (Wildman–Crippen MR) is 151 cm³/mol. The number of nitrogens with zero attached hydrogens (tertiary/aromatic N) is 1. The first-order valence-corrected chi connectivity index (χ1v) is 13.3. The number of hydrogen-bond acceptors (Lipinski definition) is 8. The van der Waals surface area contributed by atoms with E-state index in [2.05, 4.69) is 16.4 Å².